The van der Waals surface area contributed by atoms with Crippen LogP contribution in [0.2, 0.25) is 0 Å². The molecule has 0 bridgehead atoms. The second-order valence-electron chi connectivity index (χ2n) is 0. The summed E-state index contributed by atoms with van der Waals surface area (Å²) < 4.78 is 0. The monoisotopic (exact) mass is 630 g/mol. The predicted molar refractivity (Wildman–Crippen MR) is 5.75 cm³/mol. The standard InChI is InChI=1S/4HI.In.Li/h4*1H;;/q;;;;+3;+1/p-4. The van der Waals surface area contributed by atoms with Crippen molar-refractivity contribution in [2.75, 3.05) is 0 Å². The van der Waals surface area contributed by atoms with E-state index in [4.69, 9.17) is 0 Å². The molecule has 0 rings (SSSR count). The second-order valence-corrected chi connectivity index (χ2v) is 0. The van der Waals surface area contributed by atoms with E-state index in [1.807, 2.05) is 0 Å². The van der Waals surface area contributed by atoms with Gasteiger partial charge in [0.05, 0.1) is 0 Å². The maximum Gasteiger partial charge on any atom is 3.00 e. The van der Waals surface area contributed by atoms with Gasteiger partial charge in [-0.2, -0.15) is 0 Å². The second kappa shape index (κ2) is 34.3. The van der Waals surface area contributed by atoms with Crippen LogP contribution in [0, 0.1) is 0 Å². The van der Waals surface area contributed by atoms with Crippen LogP contribution in [0.15, 0.2) is 0 Å². The van der Waals surface area contributed by atoms with Crippen LogP contribution in [-0.2, 0) is 0 Å². The Balaban J connectivity index is 0. The van der Waals surface area contributed by atoms with Crippen molar-refractivity contribution >= 4 is 25.8 Å². The molecule has 6 heavy (non-hydrogen) atoms. The van der Waals surface area contributed by atoms with Crippen molar-refractivity contribution in [2.24, 2.45) is 0 Å². The SMILES string of the molecule is [I-].[I-].[I-].[I-].[In+3].[Li+]. The summed E-state index contributed by atoms with van der Waals surface area (Å²) in [6.07, 6.45) is 0. The van der Waals surface area contributed by atoms with Gasteiger partial charge in [-0.15, -0.1) is 0 Å². The number of hydrogen-bond acceptors (Lipinski definition) is 0. The van der Waals surface area contributed by atoms with Gasteiger partial charge in [0.15, 0.2) is 0 Å². The van der Waals surface area contributed by atoms with E-state index >= 15 is 0 Å². The fourth-order valence-corrected chi connectivity index (χ4v) is 0. The molecule has 0 radical (unpaired) electrons. The molecular weight excluding hydrogens is 629 g/mol. The van der Waals surface area contributed by atoms with Crippen LogP contribution in [0.25, 0.3) is 0 Å². The molecule has 0 aliphatic carbocycles. The molecule has 6 heteroatoms. The molecule has 0 aromatic carbocycles. The fourth-order valence-electron chi connectivity index (χ4n) is 0. The van der Waals surface area contributed by atoms with E-state index in [0.29, 0.717) is 0 Å². The van der Waals surface area contributed by atoms with Crippen LogP contribution in [0.5, 0.6) is 0 Å². The molecule has 0 fully saturated rings. The van der Waals surface area contributed by atoms with Gasteiger partial charge in [-0.05, 0) is 0 Å². The Morgan fingerprint density at radius 2 is 0.500 bits per heavy atom. The summed E-state index contributed by atoms with van der Waals surface area (Å²) in [6, 6.07) is 0. The minimum atomic E-state index is 0. The van der Waals surface area contributed by atoms with Gasteiger partial charge in [0, 0.05) is 0 Å². The molecule has 0 heterocycles. The third-order valence-electron chi connectivity index (χ3n) is 0. The molecule has 0 saturated heterocycles. The van der Waals surface area contributed by atoms with Crippen molar-refractivity contribution in [1.82, 2.24) is 0 Å². The quantitative estimate of drug-likeness (QED) is 0.185. The van der Waals surface area contributed by atoms with Crippen molar-refractivity contribution in [1.29, 1.82) is 0 Å². The third-order valence-corrected chi connectivity index (χ3v) is 0. The number of hydrogen-bond donors (Lipinski definition) is 0. The van der Waals surface area contributed by atoms with E-state index in [2.05, 4.69) is 0 Å². The molecule has 0 atom stereocenters. The van der Waals surface area contributed by atoms with E-state index in [9.17, 15) is 0 Å². The smallest absolute Gasteiger partial charge is 1.00 e. The molecule has 0 amide bonds. The summed E-state index contributed by atoms with van der Waals surface area (Å²) in [5, 5.41) is 0. The first-order valence-electron chi connectivity index (χ1n) is 0. The molecule has 0 N–H and O–H groups in total. The maximum absolute atomic E-state index is 0. The molecule has 0 aliphatic heterocycles. The minimum absolute atomic E-state index is 0. The van der Waals surface area contributed by atoms with Gasteiger partial charge in [-0.1, -0.05) is 0 Å². The topological polar surface area (TPSA) is 0 Å². The van der Waals surface area contributed by atoms with Crippen LogP contribution >= 0.6 is 0 Å². The van der Waals surface area contributed by atoms with Crippen molar-refractivity contribution in [3.8, 4) is 0 Å². The Morgan fingerprint density at radius 1 is 0.500 bits per heavy atom. The van der Waals surface area contributed by atoms with Crippen LogP contribution in [-0.4, -0.2) is 25.8 Å². The van der Waals surface area contributed by atoms with E-state index in [1.54, 1.807) is 0 Å². The molecule has 0 aromatic heterocycles. The average Bonchev–Trinajstić information content (AvgIpc) is 0. The summed E-state index contributed by atoms with van der Waals surface area (Å²) in [7, 11) is 0. The largest absolute Gasteiger partial charge is 3.00 e. The molecule has 0 nitrogen and oxygen atoms in total. The van der Waals surface area contributed by atoms with Gasteiger partial charge in [0.25, 0.3) is 0 Å². The molecular formula is I4InLi. The van der Waals surface area contributed by atoms with E-state index in [1.165, 1.54) is 0 Å². The Labute approximate surface area is 137 Å². The third kappa shape index (κ3) is 23.8. The summed E-state index contributed by atoms with van der Waals surface area (Å²) >= 11 is 0. The molecule has 0 aromatic rings. The van der Waals surface area contributed by atoms with E-state index < -0.39 is 0 Å². The zero-order valence-electron chi connectivity index (χ0n) is 3.09. The van der Waals surface area contributed by atoms with Gasteiger partial charge in [-0.25, -0.2) is 0 Å². The summed E-state index contributed by atoms with van der Waals surface area (Å²) in [4.78, 5) is 0. The minimum Gasteiger partial charge on any atom is -1.00 e. The van der Waals surface area contributed by atoms with Crippen molar-refractivity contribution in [3.05, 3.63) is 0 Å². The van der Waals surface area contributed by atoms with Gasteiger partial charge in [0.1, 0.15) is 0 Å². The van der Waals surface area contributed by atoms with Gasteiger partial charge in [0.2, 0.25) is 0 Å². The Kier molecular flexibility index (Phi) is 272. The van der Waals surface area contributed by atoms with Crippen LogP contribution < -0.4 is 115 Å². The van der Waals surface area contributed by atoms with E-state index in [0.717, 1.165) is 0 Å². The van der Waals surface area contributed by atoms with Crippen molar-refractivity contribution in [2.45, 2.75) is 0 Å². The fraction of sp³-hybridized carbons (Fsp3) is 0. The van der Waals surface area contributed by atoms with Gasteiger partial charge < -0.3 is 95.9 Å². The van der Waals surface area contributed by atoms with Crippen molar-refractivity contribution < 1.29 is 115 Å². The van der Waals surface area contributed by atoms with E-state index in [-0.39, 0.29) is 141 Å². The summed E-state index contributed by atoms with van der Waals surface area (Å²) in [5.41, 5.74) is 0. The average molecular weight is 629 g/mol. The first-order valence-corrected chi connectivity index (χ1v) is 0. The molecule has 0 aliphatic rings. The van der Waals surface area contributed by atoms with Crippen LogP contribution in [0.4, 0.5) is 0 Å². The first kappa shape index (κ1) is 47.6. The van der Waals surface area contributed by atoms with Crippen molar-refractivity contribution in [3.63, 3.8) is 0 Å². The predicted octanol–water partition coefficient (Wildman–Crippen LogP) is -15.4. The van der Waals surface area contributed by atoms with Gasteiger partial charge >= 0.3 is 44.7 Å². The maximum atomic E-state index is 0. The van der Waals surface area contributed by atoms with Crippen LogP contribution in [0.3, 0.4) is 0 Å². The number of halogens is 4. The Hall–Kier alpha value is 4.39. The molecule has 0 saturated carbocycles. The Bertz CT molecular complexity index is 7.51. The molecule has 32 valence electrons. The van der Waals surface area contributed by atoms with Gasteiger partial charge in [-0.3, -0.25) is 0 Å². The Morgan fingerprint density at radius 3 is 0.500 bits per heavy atom. The van der Waals surface area contributed by atoms with Crippen LogP contribution in [0.1, 0.15) is 0 Å². The zero-order chi connectivity index (χ0) is 0. The zero-order valence-corrected chi connectivity index (χ0v) is 15.0. The first-order chi connectivity index (χ1) is 0. The molecule has 0 unspecified atom stereocenters. The number of rotatable bonds is 0. The molecule has 0 spiro atoms. The summed E-state index contributed by atoms with van der Waals surface area (Å²) in [6.45, 7) is 0. The normalized spacial score (nSPS) is 0. The summed E-state index contributed by atoms with van der Waals surface area (Å²) in [5.74, 6) is 0.